The number of fused-ring (bicyclic) bond motifs is 1. The van der Waals surface area contributed by atoms with E-state index >= 15 is 0 Å². The second kappa shape index (κ2) is 5.14. The third-order valence-electron chi connectivity index (χ3n) is 3.43. The molecule has 1 aromatic carbocycles. The number of benzene rings is 1. The molecule has 0 bridgehead atoms. The molecule has 0 saturated carbocycles. The van der Waals surface area contributed by atoms with Crippen molar-refractivity contribution in [2.24, 2.45) is 0 Å². The Bertz CT molecular complexity index is 433. The first kappa shape index (κ1) is 13.1. The second-order valence-electron chi connectivity index (χ2n) is 5.06. The minimum absolute atomic E-state index is 0.0437. The average molecular weight is 254 g/mol. The molecular formula is C14H19FO3. The molecule has 0 saturated heterocycles. The zero-order chi connectivity index (χ0) is 13.2. The zero-order valence-corrected chi connectivity index (χ0v) is 10.8. The molecule has 1 aliphatic heterocycles. The summed E-state index contributed by atoms with van der Waals surface area (Å²) in [5.74, 6) is -0.237. The van der Waals surface area contributed by atoms with Crippen molar-refractivity contribution in [3.05, 3.63) is 23.5 Å². The topological polar surface area (TPSA) is 38.7 Å². The average Bonchev–Trinajstić information content (AvgIpc) is 2.31. The van der Waals surface area contributed by atoms with Gasteiger partial charge in [-0.05, 0) is 38.7 Å². The quantitative estimate of drug-likeness (QED) is 0.839. The number of phenolic OH excluding ortho intramolecular Hbond substituents is 1. The Hall–Kier alpha value is -1.29. The second-order valence-corrected chi connectivity index (χ2v) is 5.06. The van der Waals surface area contributed by atoms with Crippen molar-refractivity contribution >= 4 is 0 Å². The molecule has 1 atom stereocenters. The summed E-state index contributed by atoms with van der Waals surface area (Å²) >= 11 is 0. The molecule has 0 spiro atoms. The molecule has 3 nitrogen and oxygen atoms in total. The number of halogens is 1. The van der Waals surface area contributed by atoms with Crippen molar-refractivity contribution in [1.29, 1.82) is 0 Å². The van der Waals surface area contributed by atoms with Gasteiger partial charge in [0.15, 0.2) is 11.6 Å². The predicted molar refractivity (Wildman–Crippen MR) is 66.5 cm³/mol. The van der Waals surface area contributed by atoms with Gasteiger partial charge in [0.05, 0.1) is 0 Å². The van der Waals surface area contributed by atoms with Crippen molar-refractivity contribution in [2.75, 3.05) is 13.7 Å². The number of phenols is 1. The van der Waals surface area contributed by atoms with Crippen LogP contribution in [0.15, 0.2) is 12.1 Å². The molecule has 1 heterocycles. The summed E-state index contributed by atoms with van der Waals surface area (Å²) in [6.45, 7) is 2.68. The van der Waals surface area contributed by atoms with E-state index in [-0.39, 0.29) is 11.4 Å². The lowest BCUT2D eigenvalue weighted by Gasteiger charge is -2.36. The normalized spacial score (nSPS) is 22.4. The summed E-state index contributed by atoms with van der Waals surface area (Å²) in [5, 5.41) is 9.36. The summed E-state index contributed by atoms with van der Waals surface area (Å²) in [4.78, 5) is 0. The third-order valence-corrected chi connectivity index (χ3v) is 3.43. The van der Waals surface area contributed by atoms with Crippen LogP contribution < -0.4 is 4.74 Å². The molecule has 1 unspecified atom stereocenters. The Morgan fingerprint density at radius 1 is 1.50 bits per heavy atom. The fourth-order valence-electron chi connectivity index (χ4n) is 2.40. The molecule has 1 aromatic rings. The SMILES string of the molecule is COCCCC1(C)CCc2cc(O)cc(F)c2O1. The maximum Gasteiger partial charge on any atom is 0.169 e. The van der Waals surface area contributed by atoms with Gasteiger partial charge >= 0.3 is 0 Å². The standard InChI is InChI=1S/C14H19FO3/c1-14(5-3-7-17-2)6-4-10-8-11(16)9-12(15)13(10)18-14/h8-9,16H,3-7H2,1-2H3. The molecule has 0 fully saturated rings. The number of hydrogen-bond acceptors (Lipinski definition) is 3. The Labute approximate surface area is 107 Å². The Kier molecular flexibility index (Phi) is 3.76. The van der Waals surface area contributed by atoms with Crippen LogP contribution in [0.25, 0.3) is 0 Å². The molecule has 1 aliphatic rings. The summed E-state index contributed by atoms with van der Waals surface area (Å²) in [7, 11) is 1.67. The number of aryl methyl sites for hydroxylation is 1. The van der Waals surface area contributed by atoms with Crippen LogP contribution in [0.1, 0.15) is 31.7 Å². The maximum absolute atomic E-state index is 13.8. The van der Waals surface area contributed by atoms with Crippen LogP contribution in [0.5, 0.6) is 11.5 Å². The molecular weight excluding hydrogens is 235 g/mol. The first-order chi connectivity index (χ1) is 8.54. The fraction of sp³-hybridized carbons (Fsp3) is 0.571. The minimum atomic E-state index is -0.484. The lowest BCUT2D eigenvalue weighted by Crippen LogP contribution is -2.37. The first-order valence-electron chi connectivity index (χ1n) is 6.23. The van der Waals surface area contributed by atoms with Crippen LogP contribution in [-0.4, -0.2) is 24.4 Å². The van der Waals surface area contributed by atoms with E-state index in [9.17, 15) is 9.50 Å². The fourth-order valence-corrected chi connectivity index (χ4v) is 2.40. The molecule has 100 valence electrons. The van der Waals surface area contributed by atoms with Crippen LogP contribution in [0, 0.1) is 5.82 Å². The van der Waals surface area contributed by atoms with E-state index in [1.165, 1.54) is 0 Å². The van der Waals surface area contributed by atoms with E-state index in [4.69, 9.17) is 9.47 Å². The molecule has 0 radical (unpaired) electrons. The van der Waals surface area contributed by atoms with E-state index in [1.807, 2.05) is 6.92 Å². The predicted octanol–water partition coefficient (Wildman–Crippen LogP) is 3.04. The van der Waals surface area contributed by atoms with E-state index in [0.29, 0.717) is 12.4 Å². The van der Waals surface area contributed by atoms with Gasteiger partial charge < -0.3 is 14.6 Å². The van der Waals surface area contributed by atoms with Crippen LogP contribution in [0.2, 0.25) is 0 Å². The van der Waals surface area contributed by atoms with Crippen molar-refractivity contribution in [2.45, 2.75) is 38.2 Å². The highest BCUT2D eigenvalue weighted by atomic mass is 19.1. The first-order valence-corrected chi connectivity index (χ1v) is 6.23. The highest BCUT2D eigenvalue weighted by Gasteiger charge is 2.33. The van der Waals surface area contributed by atoms with Crippen molar-refractivity contribution in [3.63, 3.8) is 0 Å². The van der Waals surface area contributed by atoms with Crippen molar-refractivity contribution < 1.29 is 19.0 Å². The zero-order valence-electron chi connectivity index (χ0n) is 10.8. The van der Waals surface area contributed by atoms with Crippen LogP contribution in [-0.2, 0) is 11.2 Å². The third kappa shape index (κ3) is 2.75. The van der Waals surface area contributed by atoms with Gasteiger partial charge in [-0.15, -0.1) is 0 Å². The molecule has 0 amide bonds. The monoisotopic (exact) mass is 254 g/mol. The number of rotatable bonds is 4. The number of ether oxygens (including phenoxy) is 2. The lowest BCUT2D eigenvalue weighted by atomic mass is 9.89. The van der Waals surface area contributed by atoms with Gasteiger partial charge in [-0.3, -0.25) is 0 Å². The van der Waals surface area contributed by atoms with Crippen molar-refractivity contribution in [3.8, 4) is 11.5 Å². The number of hydrogen-bond donors (Lipinski definition) is 1. The Morgan fingerprint density at radius 2 is 2.28 bits per heavy atom. The summed E-state index contributed by atoms with van der Waals surface area (Å²) in [6, 6.07) is 2.67. The summed E-state index contributed by atoms with van der Waals surface area (Å²) < 4.78 is 24.6. The van der Waals surface area contributed by atoms with Crippen LogP contribution in [0.3, 0.4) is 0 Å². The van der Waals surface area contributed by atoms with Gasteiger partial charge in [0.1, 0.15) is 11.4 Å². The van der Waals surface area contributed by atoms with Gasteiger partial charge in [-0.1, -0.05) is 0 Å². The molecule has 1 N–H and O–H groups in total. The summed E-state index contributed by atoms with van der Waals surface area (Å²) in [6.07, 6.45) is 3.28. The van der Waals surface area contributed by atoms with E-state index in [0.717, 1.165) is 37.3 Å². The summed E-state index contributed by atoms with van der Waals surface area (Å²) in [5.41, 5.74) is 0.403. The Morgan fingerprint density at radius 3 is 3.00 bits per heavy atom. The van der Waals surface area contributed by atoms with Crippen LogP contribution >= 0.6 is 0 Å². The van der Waals surface area contributed by atoms with Gasteiger partial charge in [0.25, 0.3) is 0 Å². The van der Waals surface area contributed by atoms with Gasteiger partial charge in [0, 0.05) is 25.3 Å². The van der Waals surface area contributed by atoms with E-state index < -0.39 is 5.82 Å². The number of aromatic hydroxyl groups is 1. The molecule has 18 heavy (non-hydrogen) atoms. The highest BCUT2D eigenvalue weighted by molar-refractivity contribution is 5.43. The van der Waals surface area contributed by atoms with Gasteiger partial charge in [-0.2, -0.15) is 0 Å². The van der Waals surface area contributed by atoms with Crippen LogP contribution in [0.4, 0.5) is 4.39 Å². The molecule has 0 aliphatic carbocycles. The highest BCUT2D eigenvalue weighted by Crippen LogP contribution is 2.39. The van der Waals surface area contributed by atoms with Crippen molar-refractivity contribution in [1.82, 2.24) is 0 Å². The lowest BCUT2D eigenvalue weighted by molar-refractivity contribution is 0.0414. The number of methoxy groups -OCH3 is 1. The van der Waals surface area contributed by atoms with E-state index in [1.54, 1.807) is 13.2 Å². The van der Waals surface area contributed by atoms with E-state index in [2.05, 4.69) is 0 Å². The maximum atomic E-state index is 13.8. The largest absolute Gasteiger partial charge is 0.508 e. The minimum Gasteiger partial charge on any atom is -0.508 e. The Balaban J connectivity index is 2.13. The molecule has 0 aromatic heterocycles. The molecule has 4 heteroatoms. The van der Waals surface area contributed by atoms with Gasteiger partial charge in [-0.25, -0.2) is 4.39 Å². The van der Waals surface area contributed by atoms with Gasteiger partial charge in [0.2, 0.25) is 0 Å². The smallest absolute Gasteiger partial charge is 0.169 e. The molecule has 2 rings (SSSR count).